The predicted octanol–water partition coefficient (Wildman–Crippen LogP) is 4.04. The zero-order chi connectivity index (χ0) is 16.4. The third-order valence-corrected chi connectivity index (χ3v) is 6.90. The van der Waals surface area contributed by atoms with Crippen LogP contribution in [-0.2, 0) is 4.79 Å². The standard InChI is InChI=1S/C19H19NO2Si/c1-23(2,3)19-16(22)10-12-9-15(21)13-8-11-6-4-5-7-14(11)20-18(13)17(12)19/h4-8,12H,9-10H2,1-3H3. The molecule has 0 amide bonds. The van der Waals surface area contributed by atoms with Gasteiger partial charge < -0.3 is 0 Å². The Morgan fingerprint density at radius 2 is 1.74 bits per heavy atom. The molecule has 3 nitrogen and oxygen atoms in total. The molecule has 2 aromatic rings. The molecule has 0 fully saturated rings. The maximum absolute atomic E-state index is 12.6. The van der Waals surface area contributed by atoms with Gasteiger partial charge in [0, 0.05) is 29.7 Å². The first-order valence-corrected chi connectivity index (χ1v) is 11.6. The van der Waals surface area contributed by atoms with E-state index < -0.39 is 8.07 Å². The molecule has 4 rings (SSSR count). The largest absolute Gasteiger partial charge is 0.295 e. The van der Waals surface area contributed by atoms with E-state index in [4.69, 9.17) is 4.98 Å². The smallest absolute Gasteiger partial charge is 0.165 e. The number of ketones is 2. The van der Waals surface area contributed by atoms with Gasteiger partial charge in [-0.05, 0) is 22.9 Å². The first kappa shape index (κ1) is 14.5. The SMILES string of the molecule is C[Si](C)(C)C1=C2c3nc4ccccc4cc3C(=O)CC2CC1=O. The summed E-state index contributed by atoms with van der Waals surface area (Å²) in [7, 11) is -1.77. The molecule has 1 aromatic heterocycles. The third kappa shape index (κ3) is 2.12. The van der Waals surface area contributed by atoms with Crippen LogP contribution in [0.2, 0.25) is 19.6 Å². The molecule has 116 valence electrons. The van der Waals surface area contributed by atoms with Crippen molar-refractivity contribution in [2.24, 2.45) is 5.92 Å². The highest BCUT2D eigenvalue weighted by atomic mass is 28.3. The molecule has 2 aliphatic carbocycles. The number of carbonyl (C=O) groups is 2. The van der Waals surface area contributed by atoms with Crippen molar-refractivity contribution in [1.82, 2.24) is 4.98 Å². The van der Waals surface area contributed by atoms with E-state index in [1.165, 1.54) is 0 Å². The fourth-order valence-corrected chi connectivity index (χ4v) is 6.03. The molecule has 0 saturated heterocycles. The molecular formula is C19H19NO2Si. The number of Topliss-reactive ketones (excluding diaryl/α,β-unsaturated/α-hetero) is 2. The molecule has 0 bridgehead atoms. The Labute approximate surface area is 136 Å². The minimum Gasteiger partial charge on any atom is -0.295 e. The molecule has 1 unspecified atom stereocenters. The van der Waals surface area contributed by atoms with Gasteiger partial charge in [0.2, 0.25) is 0 Å². The van der Waals surface area contributed by atoms with E-state index in [1.54, 1.807) is 0 Å². The molecule has 0 saturated carbocycles. The number of hydrogen-bond acceptors (Lipinski definition) is 3. The van der Waals surface area contributed by atoms with E-state index in [-0.39, 0.29) is 17.5 Å². The van der Waals surface area contributed by atoms with Crippen LogP contribution in [0.1, 0.15) is 28.9 Å². The Balaban J connectivity index is 2.07. The summed E-state index contributed by atoms with van der Waals surface area (Å²) in [6, 6.07) is 9.81. The van der Waals surface area contributed by atoms with E-state index in [2.05, 4.69) is 19.6 Å². The normalized spacial score (nSPS) is 20.9. The highest BCUT2D eigenvalue weighted by Gasteiger charge is 2.44. The number of rotatable bonds is 1. The van der Waals surface area contributed by atoms with Crippen molar-refractivity contribution in [2.75, 3.05) is 0 Å². The summed E-state index contributed by atoms with van der Waals surface area (Å²) in [5.41, 5.74) is 3.43. The first-order valence-electron chi connectivity index (χ1n) is 8.07. The Hall–Kier alpha value is -2.07. The molecule has 1 atom stereocenters. The second-order valence-electron chi connectivity index (χ2n) is 7.57. The van der Waals surface area contributed by atoms with E-state index in [0.717, 1.165) is 27.4 Å². The number of fused-ring (bicyclic) bond motifs is 4. The minimum atomic E-state index is -1.77. The number of carbonyl (C=O) groups excluding carboxylic acids is 2. The van der Waals surface area contributed by atoms with Crippen molar-refractivity contribution in [3.63, 3.8) is 0 Å². The predicted molar refractivity (Wildman–Crippen MR) is 94.1 cm³/mol. The summed E-state index contributed by atoms with van der Waals surface area (Å²) in [4.78, 5) is 30.0. The highest BCUT2D eigenvalue weighted by Crippen LogP contribution is 2.46. The number of benzene rings is 1. The lowest BCUT2D eigenvalue weighted by Crippen LogP contribution is -2.29. The number of para-hydroxylation sites is 1. The van der Waals surface area contributed by atoms with Crippen LogP contribution in [0, 0.1) is 5.92 Å². The van der Waals surface area contributed by atoms with Gasteiger partial charge in [0.15, 0.2) is 11.6 Å². The van der Waals surface area contributed by atoms with Gasteiger partial charge in [-0.2, -0.15) is 0 Å². The van der Waals surface area contributed by atoms with Gasteiger partial charge in [-0.3, -0.25) is 9.59 Å². The van der Waals surface area contributed by atoms with Crippen LogP contribution in [0.25, 0.3) is 16.5 Å². The van der Waals surface area contributed by atoms with Crippen molar-refractivity contribution >= 4 is 36.1 Å². The fourth-order valence-electron chi connectivity index (χ4n) is 3.96. The maximum Gasteiger partial charge on any atom is 0.165 e. The van der Waals surface area contributed by atoms with Gasteiger partial charge in [-0.15, -0.1) is 0 Å². The van der Waals surface area contributed by atoms with Gasteiger partial charge in [-0.25, -0.2) is 4.98 Å². The lowest BCUT2D eigenvalue weighted by molar-refractivity contribution is -0.114. The van der Waals surface area contributed by atoms with Crippen LogP contribution in [0.3, 0.4) is 0 Å². The number of pyridine rings is 1. The number of allylic oxidation sites excluding steroid dienone is 2. The number of hydrogen-bond donors (Lipinski definition) is 0. The summed E-state index contributed by atoms with van der Waals surface area (Å²) < 4.78 is 0. The minimum absolute atomic E-state index is 0.0397. The molecular weight excluding hydrogens is 302 g/mol. The summed E-state index contributed by atoms with van der Waals surface area (Å²) >= 11 is 0. The van der Waals surface area contributed by atoms with Crippen LogP contribution in [0.15, 0.2) is 35.5 Å². The average Bonchev–Trinajstić information content (AvgIpc) is 2.82. The van der Waals surface area contributed by atoms with Crippen LogP contribution in [-0.4, -0.2) is 24.6 Å². The Morgan fingerprint density at radius 3 is 2.48 bits per heavy atom. The number of aromatic nitrogens is 1. The van der Waals surface area contributed by atoms with E-state index in [9.17, 15) is 9.59 Å². The van der Waals surface area contributed by atoms with Gasteiger partial charge in [-0.1, -0.05) is 37.8 Å². The van der Waals surface area contributed by atoms with Crippen molar-refractivity contribution in [2.45, 2.75) is 32.5 Å². The van der Waals surface area contributed by atoms with E-state index in [1.807, 2.05) is 30.3 Å². The zero-order valence-corrected chi connectivity index (χ0v) is 14.6. The average molecular weight is 321 g/mol. The lowest BCUT2D eigenvalue weighted by Gasteiger charge is -2.25. The molecule has 0 radical (unpaired) electrons. The van der Waals surface area contributed by atoms with Crippen molar-refractivity contribution in [3.8, 4) is 0 Å². The van der Waals surface area contributed by atoms with Crippen molar-refractivity contribution in [3.05, 3.63) is 46.8 Å². The summed E-state index contributed by atoms with van der Waals surface area (Å²) in [5.74, 6) is 0.397. The Bertz CT molecular complexity index is 905. The first-order chi connectivity index (χ1) is 10.9. The topological polar surface area (TPSA) is 47.0 Å². The van der Waals surface area contributed by atoms with E-state index >= 15 is 0 Å². The zero-order valence-electron chi connectivity index (χ0n) is 13.6. The van der Waals surface area contributed by atoms with Crippen LogP contribution in [0.4, 0.5) is 0 Å². The molecule has 4 heteroatoms. The second-order valence-corrected chi connectivity index (χ2v) is 12.6. The van der Waals surface area contributed by atoms with Crippen LogP contribution < -0.4 is 0 Å². The van der Waals surface area contributed by atoms with Crippen LogP contribution >= 0.6 is 0 Å². The van der Waals surface area contributed by atoms with Crippen LogP contribution in [0.5, 0.6) is 0 Å². The fraction of sp³-hybridized carbons (Fsp3) is 0.316. The highest BCUT2D eigenvalue weighted by molar-refractivity contribution is 6.88. The summed E-state index contributed by atoms with van der Waals surface area (Å²) in [5, 5.41) is 1.98. The van der Waals surface area contributed by atoms with Gasteiger partial charge in [0.25, 0.3) is 0 Å². The molecule has 0 aliphatic heterocycles. The lowest BCUT2D eigenvalue weighted by atomic mass is 9.82. The van der Waals surface area contributed by atoms with Crippen molar-refractivity contribution < 1.29 is 9.59 Å². The van der Waals surface area contributed by atoms with Gasteiger partial charge >= 0.3 is 0 Å². The number of nitrogens with zero attached hydrogens (tertiary/aromatic N) is 1. The summed E-state index contributed by atoms with van der Waals surface area (Å²) in [6.07, 6.45) is 0.927. The monoisotopic (exact) mass is 321 g/mol. The molecule has 23 heavy (non-hydrogen) atoms. The maximum atomic E-state index is 12.6. The van der Waals surface area contributed by atoms with Gasteiger partial charge in [0.1, 0.15) is 0 Å². The second kappa shape index (κ2) is 4.71. The Morgan fingerprint density at radius 1 is 1.04 bits per heavy atom. The van der Waals surface area contributed by atoms with E-state index in [0.29, 0.717) is 18.4 Å². The molecule has 1 aromatic carbocycles. The third-order valence-electron chi connectivity index (χ3n) is 4.85. The quantitative estimate of drug-likeness (QED) is 0.745. The van der Waals surface area contributed by atoms with Gasteiger partial charge in [0.05, 0.1) is 19.3 Å². The molecule has 1 heterocycles. The van der Waals surface area contributed by atoms with Crippen molar-refractivity contribution in [1.29, 1.82) is 0 Å². The molecule has 0 spiro atoms. The Kier molecular flexibility index (Phi) is 2.97. The summed E-state index contributed by atoms with van der Waals surface area (Å²) in [6.45, 7) is 6.60. The molecule has 2 aliphatic rings. The molecule has 0 N–H and O–H groups in total.